The Morgan fingerprint density at radius 3 is 2.48 bits per heavy atom. The van der Waals surface area contributed by atoms with Crippen LogP contribution in [0.15, 0.2) is 23.1 Å². The van der Waals surface area contributed by atoms with Gasteiger partial charge in [0.15, 0.2) is 0 Å². The van der Waals surface area contributed by atoms with Crippen molar-refractivity contribution in [2.45, 2.75) is 30.3 Å². The van der Waals surface area contributed by atoms with E-state index in [1.165, 1.54) is 29.3 Å². The van der Waals surface area contributed by atoms with Crippen LogP contribution < -0.4 is 0 Å². The van der Waals surface area contributed by atoms with Gasteiger partial charge in [-0.15, -0.1) is 0 Å². The van der Waals surface area contributed by atoms with Crippen LogP contribution in [-0.4, -0.2) is 38.5 Å². The molecule has 0 spiro atoms. The third-order valence-corrected chi connectivity index (χ3v) is 6.71. The summed E-state index contributed by atoms with van der Waals surface area (Å²) in [6, 6.07) is 4.71. The van der Waals surface area contributed by atoms with Gasteiger partial charge >= 0.3 is 0 Å². The van der Waals surface area contributed by atoms with Gasteiger partial charge < -0.3 is 4.74 Å². The molecule has 1 saturated heterocycles. The van der Waals surface area contributed by atoms with Crippen LogP contribution in [0.1, 0.15) is 19.3 Å². The van der Waals surface area contributed by atoms with E-state index < -0.39 is 10.0 Å². The van der Waals surface area contributed by atoms with Gasteiger partial charge in [-0.1, -0.05) is 29.3 Å². The highest BCUT2D eigenvalue weighted by Crippen LogP contribution is 2.34. The second-order valence-corrected chi connectivity index (χ2v) is 8.29. The van der Waals surface area contributed by atoms with Gasteiger partial charge in [-0.3, -0.25) is 0 Å². The predicted molar refractivity (Wildman–Crippen MR) is 82.3 cm³/mol. The van der Waals surface area contributed by atoms with Crippen LogP contribution in [0.5, 0.6) is 0 Å². The van der Waals surface area contributed by atoms with Crippen LogP contribution in [0.3, 0.4) is 0 Å². The monoisotopic (exact) mass is 349 g/mol. The van der Waals surface area contributed by atoms with E-state index in [-0.39, 0.29) is 21.0 Å². The fraction of sp³-hybridized carbons (Fsp3) is 0.571. The predicted octanol–water partition coefficient (Wildman–Crippen LogP) is 3.18. The lowest BCUT2D eigenvalue weighted by Gasteiger charge is -2.18. The highest BCUT2D eigenvalue weighted by Gasteiger charge is 2.36. The Balaban J connectivity index is 1.73. The van der Waals surface area contributed by atoms with E-state index in [1.807, 2.05) is 0 Å². The van der Waals surface area contributed by atoms with E-state index in [0.29, 0.717) is 25.4 Å². The molecule has 4 nitrogen and oxygen atoms in total. The Hall–Kier alpha value is -0.330. The normalized spacial score (nSPS) is 23.6. The van der Waals surface area contributed by atoms with Crippen LogP contribution in [0.25, 0.3) is 0 Å². The Labute approximate surface area is 135 Å². The van der Waals surface area contributed by atoms with Gasteiger partial charge in [0.2, 0.25) is 10.0 Å². The summed E-state index contributed by atoms with van der Waals surface area (Å²) >= 11 is 12.0. The van der Waals surface area contributed by atoms with E-state index in [0.717, 1.165) is 6.61 Å². The smallest absolute Gasteiger partial charge is 0.246 e. The van der Waals surface area contributed by atoms with Crippen molar-refractivity contribution in [1.29, 1.82) is 0 Å². The van der Waals surface area contributed by atoms with Crippen molar-refractivity contribution in [2.24, 2.45) is 5.92 Å². The lowest BCUT2D eigenvalue weighted by molar-refractivity contribution is 0.0561. The van der Waals surface area contributed by atoms with Crippen LogP contribution in [-0.2, 0) is 14.8 Å². The molecular formula is C14H17Cl2NO3S. The number of nitrogens with zero attached hydrogens (tertiary/aromatic N) is 1. The number of benzene rings is 1. The lowest BCUT2D eigenvalue weighted by Crippen LogP contribution is -2.31. The van der Waals surface area contributed by atoms with Crippen molar-refractivity contribution < 1.29 is 13.2 Å². The van der Waals surface area contributed by atoms with Crippen molar-refractivity contribution in [3.8, 4) is 0 Å². The molecule has 0 radical (unpaired) electrons. The minimum absolute atomic E-state index is 0.00354. The van der Waals surface area contributed by atoms with Crippen molar-refractivity contribution in [3.05, 3.63) is 28.2 Å². The molecule has 1 heterocycles. The average Bonchev–Trinajstić information content (AvgIpc) is 3.12. The van der Waals surface area contributed by atoms with E-state index in [4.69, 9.17) is 27.9 Å². The van der Waals surface area contributed by atoms with Crippen molar-refractivity contribution in [1.82, 2.24) is 4.31 Å². The molecule has 1 unspecified atom stereocenters. The molecule has 21 heavy (non-hydrogen) atoms. The molecule has 1 aromatic carbocycles. The average molecular weight is 350 g/mol. The minimum atomic E-state index is -3.67. The fourth-order valence-electron chi connectivity index (χ4n) is 2.47. The summed E-state index contributed by atoms with van der Waals surface area (Å²) in [5, 5.41) is 0.315. The zero-order valence-corrected chi connectivity index (χ0v) is 13.8. The Morgan fingerprint density at radius 1 is 1.19 bits per heavy atom. The van der Waals surface area contributed by atoms with E-state index in [2.05, 4.69) is 0 Å². The number of sulfonamides is 1. The summed E-state index contributed by atoms with van der Waals surface area (Å²) in [4.78, 5) is -0.00354. The zero-order valence-electron chi connectivity index (χ0n) is 11.5. The van der Waals surface area contributed by atoms with E-state index in [1.54, 1.807) is 6.07 Å². The molecular weight excluding hydrogens is 333 g/mol. The summed E-state index contributed by atoms with van der Waals surface area (Å²) in [5.74, 6) is 0.675. The molecule has 1 atom stereocenters. The third-order valence-electron chi connectivity index (χ3n) is 3.89. The molecule has 3 rings (SSSR count). The van der Waals surface area contributed by atoms with E-state index >= 15 is 0 Å². The fourth-order valence-corrected chi connectivity index (χ4v) is 5.04. The molecule has 0 N–H and O–H groups in total. The van der Waals surface area contributed by atoms with Gasteiger partial charge in [-0.2, -0.15) is 4.31 Å². The number of ether oxygens (including phenoxy) is 1. The molecule has 1 aliphatic heterocycles. The van der Waals surface area contributed by atoms with Gasteiger partial charge in [0.25, 0.3) is 0 Å². The Kier molecular flexibility index (Phi) is 4.48. The molecule has 1 aliphatic carbocycles. The SMILES string of the molecule is O=S(=O)(c1c(Cl)cccc1Cl)N1CCC(OCC2CC2)C1. The molecule has 2 aliphatic rings. The molecule has 116 valence electrons. The van der Waals surface area contributed by atoms with E-state index in [9.17, 15) is 8.42 Å². The summed E-state index contributed by atoms with van der Waals surface area (Å²) in [6.07, 6.45) is 3.14. The summed E-state index contributed by atoms with van der Waals surface area (Å²) in [7, 11) is -3.67. The molecule has 2 fully saturated rings. The first-order valence-corrected chi connectivity index (χ1v) is 9.24. The van der Waals surface area contributed by atoms with Crippen molar-refractivity contribution in [2.75, 3.05) is 19.7 Å². The molecule has 0 aromatic heterocycles. The minimum Gasteiger partial charge on any atom is -0.377 e. The molecule has 1 saturated carbocycles. The number of rotatable bonds is 5. The van der Waals surface area contributed by atoms with Gasteiger partial charge in [-0.05, 0) is 37.3 Å². The number of halogens is 2. The maximum atomic E-state index is 12.7. The van der Waals surface area contributed by atoms with Crippen LogP contribution in [0.2, 0.25) is 10.0 Å². The summed E-state index contributed by atoms with van der Waals surface area (Å²) in [5.41, 5.74) is 0. The zero-order chi connectivity index (χ0) is 15.0. The van der Waals surface area contributed by atoms with Gasteiger partial charge in [0, 0.05) is 19.7 Å². The lowest BCUT2D eigenvalue weighted by atomic mass is 10.3. The second kappa shape index (κ2) is 6.05. The Bertz CT molecular complexity index is 611. The topological polar surface area (TPSA) is 46.6 Å². The molecule has 0 amide bonds. The largest absolute Gasteiger partial charge is 0.377 e. The standard InChI is InChI=1S/C14H17Cl2NO3S/c15-12-2-1-3-13(16)14(12)21(18,19)17-7-6-11(8-17)20-9-10-4-5-10/h1-3,10-11H,4-9H2. The van der Waals surface area contributed by atoms with Gasteiger partial charge in [0.1, 0.15) is 4.90 Å². The second-order valence-electron chi connectivity index (χ2n) is 5.60. The summed E-state index contributed by atoms with van der Waals surface area (Å²) in [6.45, 7) is 1.56. The highest BCUT2D eigenvalue weighted by atomic mass is 35.5. The first-order valence-electron chi connectivity index (χ1n) is 7.04. The maximum absolute atomic E-state index is 12.7. The first-order chi connectivity index (χ1) is 9.98. The maximum Gasteiger partial charge on any atom is 0.246 e. The van der Waals surface area contributed by atoms with Gasteiger partial charge in [-0.25, -0.2) is 8.42 Å². The van der Waals surface area contributed by atoms with Crippen LogP contribution in [0.4, 0.5) is 0 Å². The molecule has 7 heteroatoms. The Morgan fingerprint density at radius 2 is 1.86 bits per heavy atom. The summed E-state index contributed by atoms with van der Waals surface area (Å²) < 4.78 is 32.5. The molecule has 0 bridgehead atoms. The first kappa shape index (κ1) is 15.6. The third kappa shape index (κ3) is 3.37. The van der Waals surface area contributed by atoms with Crippen molar-refractivity contribution in [3.63, 3.8) is 0 Å². The quantitative estimate of drug-likeness (QED) is 0.819. The van der Waals surface area contributed by atoms with Crippen LogP contribution >= 0.6 is 23.2 Å². The van der Waals surface area contributed by atoms with Crippen LogP contribution in [0, 0.1) is 5.92 Å². The number of hydrogen-bond acceptors (Lipinski definition) is 3. The highest BCUT2D eigenvalue weighted by molar-refractivity contribution is 7.89. The van der Waals surface area contributed by atoms with Gasteiger partial charge in [0.05, 0.1) is 16.1 Å². The molecule has 1 aromatic rings. The number of hydrogen-bond donors (Lipinski definition) is 0. The van der Waals surface area contributed by atoms with Crippen molar-refractivity contribution >= 4 is 33.2 Å².